The van der Waals surface area contributed by atoms with Crippen molar-refractivity contribution in [2.45, 2.75) is 17.2 Å². The molecule has 1 N–H and O–H groups in total. The Kier molecular flexibility index (Phi) is 5.33. The van der Waals surface area contributed by atoms with Gasteiger partial charge in [-0.2, -0.15) is 8.78 Å². The number of hydrogen-bond acceptors (Lipinski definition) is 3. The minimum atomic E-state index is -4.66. The Morgan fingerprint density at radius 3 is 2.13 bits per heavy atom. The van der Waals surface area contributed by atoms with E-state index in [1.54, 1.807) is 24.3 Å². The fourth-order valence-electron chi connectivity index (χ4n) is 1.79. The zero-order chi connectivity index (χ0) is 17.0. The molecule has 4 nitrogen and oxygen atoms in total. The fraction of sp³-hybridized carbons (Fsp3) is 0.133. The van der Waals surface area contributed by atoms with Crippen molar-refractivity contribution < 1.29 is 22.0 Å². The van der Waals surface area contributed by atoms with Crippen LogP contribution in [0.25, 0.3) is 0 Å². The lowest BCUT2D eigenvalue weighted by atomic mass is 10.2. The van der Waals surface area contributed by atoms with Crippen molar-refractivity contribution in [3.63, 3.8) is 0 Å². The maximum absolute atomic E-state index is 12.4. The van der Waals surface area contributed by atoms with Crippen LogP contribution in [0.4, 0.5) is 8.78 Å². The van der Waals surface area contributed by atoms with Gasteiger partial charge < -0.3 is 5.32 Å². The lowest BCUT2D eigenvalue weighted by molar-refractivity contribution is 0.0951. The molecule has 2 aromatic carbocycles. The third-order valence-corrected chi connectivity index (χ3v) is 4.70. The summed E-state index contributed by atoms with van der Waals surface area (Å²) in [6, 6.07) is 11.2. The summed E-state index contributed by atoms with van der Waals surface area (Å²) in [5.41, 5.74) is 1.01. The molecule has 0 saturated heterocycles. The summed E-state index contributed by atoms with van der Waals surface area (Å²) in [5, 5.41) is 3.22. The molecule has 122 valence electrons. The Morgan fingerprint density at radius 2 is 1.61 bits per heavy atom. The van der Waals surface area contributed by atoms with Gasteiger partial charge in [-0.05, 0) is 42.0 Å². The van der Waals surface area contributed by atoms with Gasteiger partial charge in [-0.15, -0.1) is 0 Å². The maximum atomic E-state index is 12.4. The standard InChI is InChI=1S/C15H12ClF2NO3S/c16-12-5-1-10(2-6-12)9-19-14(20)11-3-7-13(8-4-11)23(21,22)15(17)18/h1-8,15H,9H2,(H,19,20). The number of carbonyl (C=O) groups is 1. The minimum Gasteiger partial charge on any atom is -0.348 e. The summed E-state index contributed by atoms with van der Waals surface area (Å²) in [6.07, 6.45) is 0. The molecular formula is C15H12ClF2NO3S. The first-order valence-corrected chi connectivity index (χ1v) is 8.38. The smallest absolute Gasteiger partial charge is 0.341 e. The van der Waals surface area contributed by atoms with Crippen molar-refractivity contribution in [2.75, 3.05) is 0 Å². The first-order valence-electron chi connectivity index (χ1n) is 6.45. The van der Waals surface area contributed by atoms with Gasteiger partial charge in [0.05, 0.1) is 4.90 Å². The van der Waals surface area contributed by atoms with Crippen LogP contribution in [-0.4, -0.2) is 20.1 Å². The average Bonchev–Trinajstić information content (AvgIpc) is 2.54. The molecule has 0 radical (unpaired) electrons. The first-order chi connectivity index (χ1) is 10.8. The molecule has 23 heavy (non-hydrogen) atoms. The van der Waals surface area contributed by atoms with Gasteiger partial charge in [0, 0.05) is 17.1 Å². The number of rotatable bonds is 5. The van der Waals surface area contributed by atoms with E-state index in [9.17, 15) is 22.0 Å². The molecule has 0 saturated carbocycles. The molecule has 0 aliphatic rings. The number of halogens is 3. The number of nitrogens with one attached hydrogen (secondary N) is 1. The van der Waals surface area contributed by atoms with Gasteiger partial charge in [-0.25, -0.2) is 8.42 Å². The van der Waals surface area contributed by atoms with E-state index in [1.165, 1.54) is 12.1 Å². The molecule has 0 spiro atoms. The zero-order valence-corrected chi connectivity index (χ0v) is 13.2. The van der Waals surface area contributed by atoms with Gasteiger partial charge in [-0.3, -0.25) is 4.79 Å². The summed E-state index contributed by atoms with van der Waals surface area (Å²) >= 11 is 5.75. The predicted octanol–water partition coefficient (Wildman–Crippen LogP) is 3.27. The molecule has 0 atom stereocenters. The second-order valence-electron chi connectivity index (χ2n) is 4.64. The molecular weight excluding hydrogens is 348 g/mol. The highest BCUT2D eigenvalue weighted by atomic mass is 35.5. The van der Waals surface area contributed by atoms with E-state index in [1.807, 2.05) is 0 Å². The number of alkyl halides is 2. The number of hydrogen-bond donors (Lipinski definition) is 1. The molecule has 0 aliphatic carbocycles. The Labute approximate surface area is 137 Å². The van der Waals surface area contributed by atoms with Gasteiger partial charge >= 0.3 is 5.76 Å². The Hall–Kier alpha value is -1.99. The Bertz CT molecular complexity index is 790. The number of sulfone groups is 1. The van der Waals surface area contributed by atoms with Crippen LogP contribution >= 0.6 is 11.6 Å². The van der Waals surface area contributed by atoms with Crippen molar-refractivity contribution in [3.05, 3.63) is 64.7 Å². The van der Waals surface area contributed by atoms with E-state index in [0.29, 0.717) is 5.02 Å². The van der Waals surface area contributed by atoms with E-state index < -0.39 is 26.4 Å². The van der Waals surface area contributed by atoms with Crippen LogP contribution in [0.1, 0.15) is 15.9 Å². The number of benzene rings is 2. The molecule has 0 unspecified atom stereocenters. The largest absolute Gasteiger partial charge is 0.348 e. The number of carbonyl (C=O) groups excluding carboxylic acids is 1. The maximum Gasteiger partial charge on any atom is 0.341 e. The van der Waals surface area contributed by atoms with Crippen LogP contribution in [0.2, 0.25) is 5.02 Å². The average molecular weight is 360 g/mol. The molecule has 1 amide bonds. The normalized spacial score (nSPS) is 11.5. The van der Waals surface area contributed by atoms with Gasteiger partial charge in [-0.1, -0.05) is 23.7 Å². The third-order valence-electron chi connectivity index (χ3n) is 3.05. The molecule has 0 aromatic heterocycles. The molecule has 8 heteroatoms. The van der Waals surface area contributed by atoms with Crippen LogP contribution in [-0.2, 0) is 16.4 Å². The van der Waals surface area contributed by atoms with Crippen molar-refractivity contribution in [2.24, 2.45) is 0 Å². The number of amides is 1. The fourth-order valence-corrected chi connectivity index (χ4v) is 2.63. The van der Waals surface area contributed by atoms with Gasteiger partial charge in [0.1, 0.15) is 0 Å². The van der Waals surface area contributed by atoms with Crippen LogP contribution in [0.15, 0.2) is 53.4 Å². The highest BCUT2D eigenvalue weighted by Gasteiger charge is 2.26. The van der Waals surface area contributed by atoms with E-state index in [-0.39, 0.29) is 12.1 Å². The second-order valence-corrected chi connectivity index (χ2v) is 6.99. The molecule has 0 bridgehead atoms. The van der Waals surface area contributed by atoms with E-state index >= 15 is 0 Å². The van der Waals surface area contributed by atoms with E-state index in [4.69, 9.17) is 11.6 Å². The summed E-state index contributed by atoms with van der Waals surface area (Å²) in [4.78, 5) is 11.4. The monoisotopic (exact) mass is 359 g/mol. The molecule has 0 fully saturated rings. The summed E-state index contributed by atoms with van der Waals surface area (Å²) in [5.74, 6) is -3.94. The summed E-state index contributed by atoms with van der Waals surface area (Å²) < 4.78 is 47.4. The van der Waals surface area contributed by atoms with Gasteiger partial charge in [0.25, 0.3) is 5.91 Å². The van der Waals surface area contributed by atoms with E-state index in [2.05, 4.69) is 5.32 Å². The van der Waals surface area contributed by atoms with Crippen LogP contribution < -0.4 is 5.32 Å². The minimum absolute atomic E-state index is 0.173. The zero-order valence-electron chi connectivity index (χ0n) is 11.7. The van der Waals surface area contributed by atoms with Crippen LogP contribution in [0.3, 0.4) is 0 Å². The molecule has 2 aromatic rings. The molecule has 0 aliphatic heterocycles. The van der Waals surface area contributed by atoms with Gasteiger partial charge in [0.2, 0.25) is 9.84 Å². The predicted molar refractivity (Wildman–Crippen MR) is 82.3 cm³/mol. The summed E-state index contributed by atoms with van der Waals surface area (Å²) in [7, 11) is -4.66. The van der Waals surface area contributed by atoms with Crippen molar-refractivity contribution in [1.29, 1.82) is 0 Å². The van der Waals surface area contributed by atoms with Crippen LogP contribution in [0, 0.1) is 0 Å². The highest BCUT2D eigenvalue weighted by molar-refractivity contribution is 7.91. The SMILES string of the molecule is O=C(NCc1ccc(Cl)cc1)c1ccc(S(=O)(=O)C(F)F)cc1. The van der Waals surface area contributed by atoms with Crippen molar-refractivity contribution >= 4 is 27.3 Å². The lowest BCUT2D eigenvalue weighted by Crippen LogP contribution is -2.22. The molecule has 2 rings (SSSR count). The Morgan fingerprint density at radius 1 is 1.04 bits per heavy atom. The van der Waals surface area contributed by atoms with Gasteiger partial charge in [0.15, 0.2) is 0 Å². The van der Waals surface area contributed by atoms with Crippen molar-refractivity contribution in [3.8, 4) is 0 Å². The van der Waals surface area contributed by atoms with Crippen molar-refractivity contribution in [1.82, 2.24) is 5.32 Å². The summed E-state index contributed by atoms with van der Waals surface area (Å²) in [6.45, 7) is 0.257. The molecule has 0 heterocycles. The quantitative estimate of drug-likeness (QED) is 0.891. The van der Waals surface area contributed by atoms with Crippen LogP contribution in [0.5, 0.6) is 0 Å². The van der Waals surface area contributed by atoms with E-state index in [0.717, 1.165) is 17.7 Å². The Balaban J connectivity index is 2.04. The highest BCUT2D eigenvalue weighted by Crippen LogP contribution is 2.18. The lowest BCUT2D eigenvalue weighted by Gasteiger charge is -2.07. The topological polar surface area (TPSA) is 63.2 Å². The first kappa shape index (κ1) is 17.4. The third kappa shape index (κ3) is 4.27. The second kappa shape index (κ2) is 7.06.